The molecule has 23 heavy (non-hydrogen) atoms. The summed E-state index contributed by atoms with van der Waals surface area (Å²) in [6, 6.07) is 0. The standard InChI is InChI=1S/C18H24O.C2H4O2/c1-18-9-2-3-17(18)16-6-4-12-11-13(19)5-7-14(12)15(16)8-10-18;1-2(3)4/h11,14-15H,2-10H2,1H3;1H3,(H,3,4). The largest absolute Gasteiger partial charge is 0.481 e. The second kappa shape index (κ2) is 6.26. The number of ketones is 1. The maximum atomic E-state index is 11.6. The Morgan fingerprint density at radius 1 is 1.13 bits per heavy atom. The molecule has 0 aliphatic heterocycles. The van der Waals surface area contributed by atoms with Crippen LogP contribution >= 0.6 is 0 Å². The average molecular weight is 316 g/mol. The van der Waals surface area contributed by atoms with Gasteiger partial charge in [-0.3, -0.25) is 9.59 Å². The zero-order valence-electron chi connectivity index (χ0n) is 14.4. The first kappa shape index (κ1) is 16.5. The number of carbonyl (C=O) groups is 2. The minimum absolute atomic E-state index is 0.379. The number of fused-ring (bicyclic) bond motifs is 4. The molecule has 0 saturated heterocycles. The van der Waals surface area contributed by atoms with Gasteiger partial charge in [0.1, 0.15) is 0 Å². The number of carboxylic acid groups (broad SMARTS) is 1. The second-order valence-electron chi connectivity index (χ2n) is 7.91. The minimum Gasteiger partial charge on any atom is -0.481 e. The van der Waals surface area contributed by atoms with Crippen LogP contribution in [0.2, 0.25) is 0 Å². The highest BCUT2D eigenvalue weighted by Gasteiger charge is 2.45. The predicted molar refractivity (Wildman–Crippen MR) is 90.1 cm³/mol. The summed E-state index contributed by atoms with van der Waals surface area (Å²) in [4.78, 5) is 20.6. The number of aliphatic carboxylic acids is 1. The van der Waals surface area contributed by atoms with Crippen LogP contribution < -0.4 is 0 Å². The van der Waals surface area contributed by atoms with Gasteiger partial charge >= 0.3 is 0 Å². The smallest absolute Gasteiger partial charge is 0.300 e. The van der Waals surface area contributed by atoms with Crippen LogP contribution in [-0.4, -0.2) is 16.9 Å². The number of carboxylic acids is 1. The van der Waals surface area contributed by atoms with E-state index in [2.05, 4.69) is 6.92 Å². The third kappa shape index (κ3) is 3.15. The fourth-order valence-corrected chi connectivity index (χ4v) is 5.45. The molecule has 3 unspecified atom stereocenters. The number of rotatable bonds is 0. The molecule has 4 aliphatic carbocycles. The zero-order chi connectivity index (χ0) is 16.6. The van der Waals surface area contributed by atoms with E-state index in [9.17, 15) is 4.79 Å². The van der Waals surface area contributed by atoms with Crippen LogP contribution in [0.3, 0.4) is 0 Å². The summed E-state index contributed by atoms with van der Waals surface area (Å²) in [5.74, 6) is 1.07. The van der Waals surface area contributed by atoms with E-state index < -0.39 is 5.97 Å². The van der Waals surface area contributed by atoms with E-state index in [1.54, 1.807) is 0 Å². The third-order valence-electron chi connectivity index (χ3n) is 6.42. The Bertz CT molecular complexity index is 580. The van der Waals surface area contributed by atoms with Gasteiger partial charge in [0.25, 0.3) is 5.97 Å². The van der Waals surface area contributed by atoms with E-state index >= 15 is 0 Å². The molecule has 4 aliphatic rings. The van der Waals surface area contributed by atoms with Gasteiger partial charge in [0.2, 0.25) is 0 Å². The SMILES string of the molecule is CC(=O)O.CC12CCCC1=C1CCC3=CC(=O)CCC3C1CC2. The third-order valence-corrected chi connectivity index (χ3v) is 6.42. The molecular formula is C20H28O3. The van der Waals surface area contributed by atoms with Gasteiger partial charge in [-0.05, 0) is 74.7 Å². The van der Waals surface area contributed by atoms with Crippen molar-refractivity contribution in [2.45, 2.75) is 71.6 Å². The summed E-state index contributed by atoms with van der Waals surface area (Å²) in [6.07, 6.45) is 13.3. The van der Waals surface area contributed by atoms with Gasteiger partial charge in [0.05, 0.1) is 0 Å². The highest BCUT2D eigenvalue weighted by Crippen LogP contribution is 2.58. The van der Waals surface area contributed by atoms with Crippen LogP contribution in [0, 0.1) is 17.3 Å². The summed E-state index contributed by atoms with van der Waals surface area (Å²) >= 11 is 0. The van der Waals surface area contributed by atoms with Gasteiger partial charge < -0.3 is 5.11 Å². The van der Waals surface area contributed by atoms with Crippen LogP contribution in [0.1, 0.15) is 71.6 Å². The van der Waals surface area contributed by atoms with Crippen molar-refractivity contribution >= 4 is 11.8 Å². The predicted octanol–water partition coefficient (Wildman–Crippen LogP) is 4.67. The van der Waals surface area contributed by atoms with Crippen molar-refractivity contribution in [3.05, 3.63) is 22.8 Å². The van der Waals surface area contributed by atoms with Crippen molar-refractivity contribution in [1.82, 2.24) is 0 Å². The topological polar surface area (TPSA) is 54.4 Å². The lowest BCUT2D eigenvalue weighted by atomic mass is 9.59. The molecule has 0 aromatic heterocycles. The van der Waals surface area contributed by atoms with E-state index in [1.807, 2.05) is 17.2 Å². The Morgan fingerprint density at radius 2 is 1.87 bits per heavy atom. The van der Waals surface area contributed by atoms with Gasteiger partial charge in [-0.15, -0.1) is 0 Å². The molecule has 2 fully saturated rings. The van der Waals surface area contributed by atoms with Crippen LogP contribution in [0.5, 0.6) is 0 Å². The summed E-state index contributed by atoms with van der Waals surface area (Å²) in [5.41, 5.74) is 5.73. The first-order valence-electron chi connectivity index (χ1n) is 9.06. The molecule has 126 valence electrons. The van der Waals surface area contributed by atoms with Crippen molar-refractivity contribution < 1.29 is 14.7 Å². The van der Waals surface area contributed by atoms with Crippen molar-refractivity contribution in [3.8, 4) is 0 Å². The first-order chi connectivity index (χ1) is 10.9. The number of allylic oxidation sites excluding steroid dienone is 4. The van der Waals surface area contributed by atoms with Crippen molar-refractivity contribution in [1.29, 1.82) is 0 Å². The van der Waals surface area contributed by atoms with E-state index in [4.69, 9.17) is 9.90 Å². The highest BCUT2D eigenvalue weighted by atomic mass is 16.4. The van der Waals surface area contributed by atoms with Crippen molar-refractivity contribution in [2.24, 2.45) is 17.3 Å². The summed E-state index contributed by atoms with van der Waals surface area (Å²) in [7, 11) is 0. The molecule has 0 spiro atoms. The van der Waals surface area contributed by atoms with Crippen LogP contribution in [0.4, 0.5) is 0 Å². The molecule has 1 N–H and O–H groups in total. The summed E-state index contributed by atoms with van der Waals surface area (Å²) < 4.78 is 0. The lowest BCUT2D eigenvalue weighted by Crippen LogP contribution is -2.34. The Kier molecular flexibility index (Phi) is 4.48. The van der Waals surface area contributed by atoms with Crippen molar-refractivity contribution in [2.75, 3.05) is 0 Å². The molecule has 0 amide bonds. The molecule has 4 rings (SSSR count). The molecule has 3 heteroatoms. The van der Waals surface area contributed by atoms with E-state index in [-0.39, 0.29) is 0 Å². The zero-order valence-corrected chi connectivity index (χ0v) is 14.4. The molecule has 0 aromatic rings. The average Bonchev–Trinajstić information content (AvgIpc) is 2.88. The molecule has 0 bridgehead atoms. The second-order valence-corrected chi connectivity index (χ2v) is 7.91. The Balaban J connectivity index is 0.000000354. The van der Waals surface area contributed by atoms with Gasteiger partial charge in [-0.25, -0.2) is 0 Å². The van der Waals surface area contributed by atoms with Gasteiger partial charge in [0, 0.05) is 13.3 Å². The highest BCUT2D eigenvalue weighted by molar-refractivity contribution is 5.91. The monoisotopic (exact) mass is 316 g/mol. The van der Waals surface area contributed by atoms with Gasteiger partial charge in [0.15, 0.2) is 5.78 Å². The Hall–Kier alpha value is -1.38. The van der Waals surface area contributed by atoms with E-state index in [1.165, 1.54) is 50.5 Å². The fourth-order valence-electron chi connectivity index (χ4n) is 5.45. The molecule has 0 radical (unpaired) electrons. The van der Waals surface area contributed by atoms with Gasteiger partial charge in [-0.1, -0.05) is 23.6 Å². The maximum absolute atomic E-state index is 11.6. The van der Waals surface area contributed by atoms with Crippen LogP contribution in [-0.2, 0) is 9.59 Å². The Morgan fingerprint density at radius 3 is 2.61 bits per heavy atom. The quantitative estimate of drug-likeness (QED) is 0.661. The summed E-state index contributed by atoms with van der Waals surface area (Å²) in [6.45, 7) is 3.59. The van der Waals surface area contributed by atoms with E-state index in [0.29, 0.717) is 11.2 Å². The maximum Gasteiger partial charge on any atom is 0.300 e. The number of hydrogen-bond acceptors (Lipinski definition) is 2. The van der Waals surface area contributed by atoms with E-state index in [0.717, 1.165) is 31.6 Å². The van der Waals surface area contributed by atoms with Crippen LogP contribution in [0.15, 0.2) is 22.8 Å². The number of hydrogen-bond donors (Lipinski definition) is 1. The first-order valence-corrected chi connectivity index (χ1v) is 9.06. The summed E-state index contributed by atoms with van der Waals surface area (Å²) in [5, 5.41) is 7.42. The lowest BCUT2D eigenvalue weighted by molar-refractivity contribution is -0.134. The van der Waals surface area contributed by atoms with Gasteiger partial charge in [-0.2, -0.15) is 0 Å². The Labute approximate surface area is 138 Å². The molecular weight excluding hydrogens is 288 g/mol. The molecule has 0 heterocycles. The fraction of sp³-hybridized carbons (Fsp3) is 0.700. The van der Waals surface area contributed by atoms with Crippen LogP contribution in [0.25, 0.3) is 0 Å². The minimum atomic E-state index is -0.833. The molecule has 0 aromatic carbocycles. The molecule has 2 saturated carbocycles. The molecule has 3 nitrogen and oxygen atoms in total. The normalized spacial score (nSPS) is 35.4. The number of carbonyl (C=O) groups excluding carboxylic acids is 1. The van der Waals surface area contributed by atoms with Crippen molar-refractivity contribution in [3.63, 3.8) is 0 Å². The molecule has 3 atom stereocenters. The lowest BCUT2D eigenvalue weighted by Gasteiger charge is -2.46.